The van der Waals surface area contributed by atoms with E-state index in [-0.39, 0.29) is 12.3 Å². The van der Waals surface area contributed by atoms with Crippen LogP contribution in [-0.4, -0.2) is 58.6 Å². The second-order valence-corrected chi connectivity index (χ2v) is 12.5. The fourth-order valence-corrected chi connectivity index (χ4v) is 5.02. The number of thioether (sulfide) groups is 1. The summed E-state index contributed by atoms with van der Waals surface area (Å²) in [6.45, 7) is 10.9. The van der Waals surface area contributed by atoms with E-state index >= 15 is 0 Å². The molecule has 0 aliphatic carbocycles. The Bertz CT molecular complexity index is 1060. The number of nitrogens with one attached hydrogen (secondary N) is 3. The molecule has 2 aromatic carbocycles. The van der Waals surface area contributed by atoms with Crippen LogP contribution in [0.15, 0.2) is 60.7 Å². The van der Waals surface area contributed by atoms with Crippen LogP contribution in [0.1, 0.15) is 59.1 Å². The highest BCUT2D eigenvalue weighted by molar-refractivity contribution is 7.98. The van der Waals surface area contributed by atoms with Crippen LogP contribution >= 0.6 is 11.8 Å². The molecule has 0 heterocycles. The Hall–Kier alpha value is -3.04. The van der Waals surface area contributed by atoms with Gasteiger partial charge in [0.2, 0.25) is 11.8 Å². The van der Waals surface area contributed by atoms with Gasteiger partial charge < -0.3 is 25.8 Å². The molecule has 0 unspecified atom stereocenters. The molecule has 2 aromatic rings. The smallest absolute Gasteiger partial charge is 0.408 e. The van der Waals surface area contributed by atoms with E-state index in [1.54, 1.807) is 39.5 Å². The molecule has 0 saturated heterocycles. The third-order valence-corrected chi connectivity index (χ3v) is 7.07. The van der Waals surface area contributed by atoms with E-state index in [1.807, 2.05) is 74.5 Å². The van der Waals surface area contributed by atoms with E-state index in [9.17, 15) is 19.5 Å². The topological polar surface area (TPSA) is 117 Å². The SMILES string of the molecule is CC(C)C[C@@H](NC(=O)[C@H](C)NC(=O)[C@H](Cc1ccccc1)NC(=O)OC(C)(C)C)[C@H](O)CSCc1ccccc1. The summed E-state index contributed by atoms with van der Waals surface area (Å²) < 4.78 is 5.35. The van der Waals surface area contributed by atoms with Crippen molar-refractivity contribution in [3.63, 3.8) is 0 Å². The van der Waals surface area contributed by atoms with Gasteiger partial charge in [0.25, 0.3) is 0 Å². The maximum Gasteiger partial charge on any atom is 0.408 e. The molecule has 8 nitrogen and oxygen atoms in total. The molecule has 0 aromatic heterocycles. The van der Waals surface area contributed by atoms with Gasteiger partial charge in [-0.05, 0) is 51.2 Å². The minimum absolute atomic E-state index is 0.230. The van der Waals surface area contributed by atoms with Gasteiger partial charge in [0.15, 0.2) is 0 Å². The van der Waals surface area contributed by atoms with Crippen LogP contribution < -0.4 is 16.0 Å². The summed E-state index contributed by atoms with van der Waals surface area (Å²) >= 11 is 1.61. The van der Waals surface area contributed by atoms with Gasteiger partial charge in [0.1, 0.15) is 17.7 Å². The van der Waals surface area contributed by atoms with Crippen molar-refractivity contribution in [2.75, 3.05) is 5.75 Å². The van der Waals surface area contributed by atoms with Crippen LogP contribution in [0.3, 0.4) is 0 Å². The molecule has 40 heavy (non-hydrogen) atoms. The fraction of sp³-hybridized carbons (Fsp3) is 0.516. The van der Waals surface area contributed by atoms with Crippen LogP contribution in [0, 0.1) is 5.92 Å². The van der Waals surface area contributed by atoms with Crippen LogP contribution in [0.5, 0.6) is 0 Å². The minimum Gasteiger partial charge on any atom is -0.444 e. The van der Waals surface area contributed by atoms with Crippen LogP contribution in [0.2, 0.25) is 0 Å². The Labute approximate surface area is 243 Å². The second kappa shape index (κ2) is 16.3. The highest BCUT2D eigenvalue weighted by atomic mass is 32.2. The van der Waals surface area contributed by atoms with Crippen LogP contribution in [-0.2, 0) is 26.5 Å². The van der Waals surface area contributed by atoms with E-state index < -0.39 is 47.7 Å². The monoisotopic (exact) mass is 571 g/mol. The van der Waals surface area contributed by atoms with Crippen molar-refractivity contribution in [3.8, 4) is 0 Å². The van der Waals surface area contributed by atoms with E-state index in [1.165, 1.54) is 5.56 Å². The van der Waals surface area contributed by atoms with Crippen LogP contribution in [0.4, 0.5) is 4.79 Å². The maximum absolute atomic E-state index is 13.2. The summed E-state index contributed by atoms with van der Waals surface area (Å²) in [5.74, 6) is 0.572. The molecule has 2 rings (SSSR count). The Morgan fingerprint density at radius 2 is 1.43 bits per heavy atom. The van der Waals surface area contributed by atoms with E-state index in [0.29, 0.717) is 12.2 Å². The lowest BCUT2D eigenvalue weighted by Crippen LogP contribution is -2.56. The summed E-state index contributed by atoms with van der Waals surface area (Å²) in [5, 5.41) is 19.2. The quantitative estimate of drug-likeness (QED) is 0.266. The first-order valence-corrected chi connectivity index (χ1v) is 14.9. The fourth-order valence-electron chi connectivity index (χ4n) is 4.00. The standard InChI is InChI=1S/C31H45N3O5S/c1-21(2)17-25(27(35)20-40-19-24-15-11-8-12-16-24)33-28(36)22(3)32-29(37)26(18-23-13-9-7-10-14-23)34-30(38)39-31(4,5)6/h7-16,21-22,25-27,35H,17-20H2,1-6H3,(H,32,37)(H,33,36)(H,34,38)/t22-,25+,26-,27+/m0/s1. The molecule has 0 bridgehead atoms. The Kier molecular flexibility index (Phi) is 13.5. The molecule has 0 radical (unpaired) electrons. The lowest BCUT2D eigenvalue weighted by Gasteiger charge is -2.28. The minimum atomic E-state index is -0.945. The summed E-state index contributed by atoms with van der Waals surface area (Å²) in [6.07, 6.45) is -0.638. The number of alkyl carbamates (subject to hydrolysis) is 1. The lowest BCUT2D eigenvalue weighted by atomic mass is 9.99. The van der Waals surface area contributed by atoms with Gasteiger partial charge in [-0.1, -0.05) is 74.5 Å². The van der Waals surface area contributed by atoms with Gasteiger partial charge in [-0.25, -0.2) is 4.79 Å². The number of carbonyl (C=O) groups is 3. The molecule has 0 spiro atoms. The largest absolute Gasteiger partial charge is 0.444 e. The van der Waals surface area contributed by atoms with Crippen molar-refractivity contribution in [2.45, 2.75) is 90.0 Å². The van der Waals surface area contributed by atoms with Crippen molar-refractivity contribution in [2.24, 2.45) is 5.92 Å². The zero-order valence-corrected chi connectivity index (χ0v) is 25.3. The molecule has 0 saturated carbocycles. The summed E-state index contributed by atoms with van der Waals surface area (Å²) in [7, 11) is 0. The van der Waals surface area contributed by atoms with Gasteiger partial charge in [-0.2, -0.15) is 11.8 Å². The number of amides is 3. The zero-order chi connectivity index (χ0) is 29.7. The molecule has 220 valence electrons. The average molecular weight is 572 g/mol. The van der Waals surface area contributed by atoms with Gasteiger partial charge in [0.05, 0.1) is 12.1 Å². The van der Waals surface area contributed by atoms with Crippen molar-refractivity contribution in [1.29, 1.82) is 0 Å². The Balaban J connectivity index is 2.01. The molecule has 9 heteroatoms. The van der Waals surface area contributed by atoms with Crippen molar-refractivity contribution >= 4 is 29.7 Å². The molecule has 0 aliphatic rings. The number of rotatable bonds is 14. The second-order valence-electron chi connectivity index (χ2n) is 11.4. The number of hydrogen-bond donors (Lipinski definition) is 4. The summed E-state index contributed by atoms with van der Waals surface area (Å²) in [5.41, 5.74) is 1.30. The van der Waals surface area contributed by atoms with Crippen molar-refractivity contribution < 1.29 is 24.2 Å². The number of hydrogen-bond acceptors (Lipinski definition) is 6. The highest BCUT2D eigenvalue weighted by Crippen LogP contribution is 2.17. The van der Waals surface area contributed by atoms with E-state index in [4.69, 9.17) is 4.74 Å². The predicted molar refractivity (Wildman–Crippen MR) is 161 cm³/mol. The predicted octanol–water partition coefficient (Wildman–Crippen LogP) is 4.45. The lowest BCUT2D eigenvalue weighted by molar-refractivity contribution is -0.130. The number of aliphatic hydroxyl groups excluding tert-OH is 1. The highest BCUT2D eigenvalue weighted by Gasteiger charge is 2.29. The van der Waals surface area contributed by atoms with Crippen molar-refractivity contribution in [1.82, 2.24) is 16.0 Å². The van der Waals surface area contributed by atoms with Gasteiger partial charge in [0, 0.05) is 17.9 Å². The first kappa shape index (κ1) is 33.2. The molecule has 4 atom stereocenters. The normalized spacial score (nSPS) is 14.5. The van der Waals surface area contributed by atoms with Crippen molar-refractivity contribution in [3.05, 3.63) is 71.8 Å². The Morgan fingerprint density at radius 1 is 0.850 bits per heavy atom. The number of aliphatic hydroxyl groups is 1. The van der Waals surface area contributed by atoms with E-state index in [0.717, 1.165) is 11.3 Å². The van der Waals surface area contributed by atoms with Gasteiger partial charge in [-0.3, -0.25) is 9.59 Å². The van der Waals surface area contributed by atoms with E-state index in [2.05, 4.69) is 16.0 Å². The Morgan fingerprint density at radius 3 is 1.98 bits per heavy atom. The summed E-state index contributed by atoms with van der Waals surface area (Å²) in [6, 6.07) is 17.0. The van der Waals surface area contributed by atoms with Gasteiger partial charge >= 0.3 is 6.09 Å². The van der Waals surface area contributed by atoms with Crippen LogP contribution in [0.25, 0.3) is 0 Å². The molecule has 0 aliphatic heterocycles. The maximum atomic E-state index is 13.2. The van der Waals surface area contributed by atoms with Gasteiger partial charge in [-0.15, -0.1) is 0 Å². The number of ether oxygens (including phenoxy) is 1. The number of carbonyl (C=O) groups excluding carboxylic acids is 3. The first-order valence-electron chi connectivity index (χ1n) is 13.8. The zero-order valence-electron chi connectivity index (χ0n) is 24.5. The molecule has 3 amide bonds. The first-order chi connectivity index (χ1) is 18.8. The average Bonchev–Trinajstić information content (AvgIpc) is 2.87. The molecular formula is C31H45N3O5S. The number of benzene rings is 2. The molecule has 0 fully saturated rings. The third kappa shape index (κ3) is 12.9. The molecular weight excluding hydrogens is 526 g/mol. The summed E-state index contributed by atoms with van der Waals surface area (Å²) in [4.78, 5) is 38.8. The third-order valence-electron chi connectivity index (χ3n) is 5.96. The molecule has 4 N–H and O–H groups in total.